The summed E-state index contributed by atoms with van der Waals surface area (Å²) in [5.41, 5.74) is 1.00. The molecule has 0 aliphatic heterocycles. The topological polar surface area (TPSA) is 49.4 Å². The smallest absolute Gasteiger partial charge is 0.325 e. The van der Waals surface area contributed by atoms with E-state index in [1.165, 1.54) is 24.0 Å². The minimum absolute atomic E-state index is 0.154. The van der Waals surface area contributed by atoms with Crippen LogP contribution >= 0.6 is 0 Å². The van der Waals surface area contributed by atoms with Crippen molar-refractivity contribution >= 4 is 23.2 Å². The van der Waals surface area contributed by atoms with Crippen LogP contribution in [0.1, 0.15) is 37.8 Å². The molecule has 0 saturated carbocycles. The number of halogens is 3. The molecule has 2 amide bonds. The molecule has 0 fully saturated rings. The fourth-order valence-corrected chi connectivity index (χ4v) is 2.67. The second-order valence-electron chi connectivity index (χ2n) is 6.44. The van der Waals surface area contributed by atoms with Gasteiger partial charge in [0.1, 0.15) is 6.54 Å². The first-order valence-corrected chi connectivity index (χ1v) is 8.43. The Morgan fingerprint density at radius 1 is 1.04 bits per heavy atom. The number of carbonyl (C=O) groups is 2. The van der Waals surface area contributed by atoms with Gasteiger partial charge in [-0.1, -0.05) is 32.0 Å². The van der Waals surface area contributed by atoms with Crippen LogP contribution in [0.4, 0.5) is 24.5 Å². The summed E-state index contributed by atoms with van der Waals surface area (Å²) in [4.78, 5) is 25.8. The van der Waals surface area contributed by atoms with Crippen LogP contribution in [0.2, 0.25) is 0 Å². The molecule has 0 saturated heterocycles. The van der Waals surface area contributed by atoms with E-state index in [0.717, 1.165) is 17.7 Å². The van der Waals surface area contributed by atoms with Gasteiger partial charge in [0.2, 0.25) is 11.8 Å². The van der Waals surface area contributed by atoms with E-state index in [9.17, 15) is 22.8 Å². The van der Waals surface area contributed by atoms with Crippen LogP contribution in [0, 0.1) is 0 Å². The summed E-state index contributed by atoms with van der Waals surface area (Å²) in [5, 5.41) is 2.52. The van der Waals surface area contributed by atoms with E-state index in [2.05, 4.69) is 5.32 Å². The summed E-state index contributed by atoms with van der Waals surface area (Å²) in [5.74, 6) is -0.643. The van der Waals surface area contributed by atoms with Crippen molar-refractivity contribution in [1.29, 1.82) is 0 Å². The van der Waals surface area contributed by atoms with Crippen LogP contribution in [0.3, 0.4) is 0 Å². The highest BCUT2D eigenvalue weighted by molar-refractivity contribution is 6.02. The van der Waals surface area contributed by atoms with Crippen LogP contribution in [0.15, 0.2) is 48.5 Å². The van der Waals surface area contributed by atoms with Gasteiger partial charge in [-0.2, -0.15) is 13.2 Å². The normalized spacial score (nSPS) is 11.4. The van der Waals surface area contributed by atoms with E-state index in [-0.39, 0.29) is 24.1 Å². The Kier molecular flexibility index (Phi) is 6.25. The first-order chi connectivity index (χ1) is 12.6. The van der Waals surface area contributed by atoms with Gasteiger partial charge in [0.05, 0.1) is 5.56 Å². The molecule has 0 aliphatic rings. The predicted molar refractivity (Wildman–Crippen MR) is 98.6 cm³/mol. The molecule has 144 valence electrons. The average Bonchev–Trinajstić information content (AvgIpc) is 2.59. The molecule has 0 aliphatic carbocycles. The zero-order valence-corrected chi connectivity index (χ0v) is 15.3. The average molecular weight is 378 g/mol. The first kappa shape index (κ1) is 20.5. The highest BCUT2D eigenvalue weighted by Gasteiger charge is 2.30. The van der Waals surface area contributed by atoms with Gasteiger partial charge in [-0.3, -0.25) is 9.59 Å². The number of rotatable bonds is 5. The third kappa shape index (κ3) is 5.32. The molecule has 4 nitrogen and oxygen atoms in total. The lowest BCUT2D eigenvalue weighted by molar-refractivity contribution is -0.137. The van der Waals surface area contributed by atoms with Gasteiger partial charge >= 0.3 is 6.18 Å². The zero-order chi connectivity index (χ0) is 20.2. The Balaban J connectivity index is 2.16. The number of para-hydroxylation sites is 1. The molecule has 2 aromatic rings. The van der Waals surface area contributed by atoms with Crippen molar-refractivity contribution in [3.05, 3.63) is 59.7 Å². The molecular formula is C20H21F3N2O2. The predicted octanol–water partition coefficient (Wildman–Crippen LogP) is 4.82. The molecule has 0 unspecified atom stereocenters. The molecule has 1 N–H and O–H groups in total. The van der Waals surface area contributed by atoms with Crippen LogP contribution in [0.25, 0.3) is 0 Å². The monoisotopic (exact) mass is 378 g/mol. The van der Waals surface area contributed by atoms with Gasteiger partial charge in [-0.15, -0.1) is 0 Å². The van der Waals surface area contributed by atoms with Gasteiger partial charge in [-0.25, -0.2) is 0 Å². The number of hydrogen-bond donors (Lipinski definition) is 1. The van der Waals surface area contributed by atoms with Gasteiger partial charge in [-0.05, 0) is 41.8 Å². The third-order valence-electron chi connectivity index (χ3n) is 4.03. The lowest BCUT2D eigenvalue weighted by Crippen LogP contribution is -2.37. The van der Waals surface area contributed by atoms with Crippen LogP contribution < -0.4 is 10.2 Å². The van der Waals surface area contributed by atoms with Crippen molar-refractivity contribution in [3.8, 4) is 0 Å². The summed E-state index contributed by atoms with van der Waals surface area (Å²) in [6.45, 7) is 5.10. The minimum Gasteiger partial charge on any atom is -0.325 e. The SMILES string of the molecule is CC(=O)N(CC(=O)Nc1ccc(C(F)(F)F)cc1)c1ccccc1C(C)C. The molecular weight excluding hydrogens is 357 g/mol. The Labute approximate surface area is 156 Å². The molecule has 2 aromatic carbocycles. The van der Waals surface area contributed by atoms with E-state index >= 15 is 0 Å². The summed E-state index contributed by atoms with van der Waals surface area (Å²) in [7, 11) is 0. The maximum atomic E-state index is 12.6. The largest absolute Gasteiger partial charge is 0.416 e. The number of hydrogen-bond acceptors (Lipinski definition) is 2. The van der Waals surface area contributed by atoms with E-state index < -0.39 is 17.6 Å². The van der Waals surface area contributed by atoms with Crippen LogP contribution in [-0.4, -0.2) is 18.4 Å². The lowest BCUT2D eigenvalue weighted by atomic mass is 10.0. The summed E-state index contributed by atoms with van der Waals surface area (Å²) in [6, 6.07) is 11.5. The standard InChI is InChI=1S/C20H21F3N2O2/c1-13(2)17-6-4-5-7-18(17)25(14(3)26)12-19(27)24-16-10-8-15(9-11-16)20(21,22)23/h4-11,13H,12H2,1-3H3,(H,24,27). The number of alkyl halides is 3. The first-order valence-electron chi connectivity index (χ1n) is 8.43. The Morgan fingerprint density at radius 3 is 2.15 bits per heavy atom. The second-order valence-corrected chi connectivity index (χ2v) is 6.44. The number of anilines is 2. The van der Waals surface area contributed by atoms with Crippen LogP contribution in [0.5, 0.6) is 0 Å². The number of nitrogens with zero attached hydrogens (tertiary/aromatic N) is 1. The minimum atomic E-state index is -4.44. The third-order valence-corrected chi connectivity index (χ3v) is 4.03. The van der Waals surface area contributed by atoms with Crippen molar-refractivity contribution in [2.24, 2.45) is 0 Å². The molecule has 0 bridgehead atoms. The van der Waals surface area contributed by atoms with E-state index in [0.29, 0.717) is 5.69 Å². The zero-order valence-electron chi connectivity index (χ0n) is 15.3. The van der Waals surface area contributed by atoms with E-state index in [1.54, 1.807) is 12.1 Å². The molecule has 27 heavy (non-hydrogen) atoms. The number of nitrogens with one attached hydrogen (secondary N) is 1. The van der Waals surface area contributed by atoms with Gasteiger partial charge in [0, 0.05) is 18.3 Å². The molecule has 7 heteroatoms. The number of benzene rings is 2. The molecule has 0 heterocycles. The lowest BCUT2D eigenvalue weighted by Gasteiger charge is -2.25. The van der Waals surface area contributed by atoms with E-state index in [4.69, 9.17) is 0 Å². The van der Waals surface area contributed by atoms with Crippen molar-refractivity contribution in [2.75, 3.05) is 16.8 Å². The maximum Gasteiger partial charge on any atom is 0.416 e. The Hall–Kier alpha value is -2.83. The highest BCUT2D eigenvalue weighted by atomic mass is 19.4. The summed E-state index contributed by atoms with van der Waals surface area (Å²) < 4.78 is 37.8. The molecule has 0 spiro atoms. The fourth-order valence-electron chi connectivity index (χ4n) is 2.67. The molecule has 2 rings (SSSR count). The second kappa shape index (κ2) is 8.24. The van der Waals surface area contributed by atoms with Gasteiger partial charge in [0.15, 0.2) is 0 Å². The molecule has 0 radical (unpaired) electrons. The molecule has 0 atom stereocenters. The van der Waals surface area contributed by atoms with E-state index in [1.807, 2.05) is 26.0 Å². The van der Waals surface area contributed by atoms with Crippen molar-refractivity contribution in [2.45, 2.75) is 32.9 Å². The summed E-state index contributed by atoms with van der Waals surface area (Å²) >= 11 is 0. The quantitative estimate of drug-likeness (QED) is 0.811. The Bertz CT molecular complexity index is 815. The highest BCUT2D eigenvalue weighted by Crippen LogP contribution is 2.30. The van der Waals surface area contributed by atoms with Crippen molar-refractivity contribution in [1.82, 2.24) is 0 Å². The Morgan fingerprint density at radius 2 is 1.63 bits per heavy atom. The van der Waals surface area contributed by atoms with Gasteiger partial charge in [0.25, 0.3) is 0 Å². The number of carbonyl (C=O) groups excluding carboxylic acids is 2. The van der Waals surface area contributed by atoms with Gasteiger partial charge < -0.3 is 10.2 Å². The van der Waals surface area contributed by atoms with Crippen molar-refractivity contribution in [3.63, 3.8) is 0 Å². The summed E-state index contributed by atoms with van der Waals surface area (Å²) in [6.07, 6.45) is -4.44. The maximum absolute atomic E-state index is 12.6. The molecule has 0 aromatic heterocycles. The van der Waals surface area contributed by atoms with Crippen LogP contribution in [-0.2, 0) is 15.8 Å². The fraction of sp³-hybridized carbons (Fsp3) is 0.300. The van der Waals surface area contributed by atoms with Crippen molar-refractivity contribution < 1.29 is 22.8 Å². The number of amides is 2.